The molecule has 2 atom stereocenters. The minimum Gasteiger partial charge on any atom is -0.490 e. The molecule has 4 heteroatoms. The molecule has 0 aromatic heterocycles. The number of rotatable bonds is 2. The maximum absolute atomic E-state index is 9.69. The van der Waals surface area contributed by atoms with Gasteiger partial charge in [0.25, 0.3) is 0 Å². The number of piperidine rings is 1. The lowest BCUT2D eigenvalue weighted by Gasteiger charge is -2.36. The minimum absolute atomic E-state index is 0.0587. The Morgan fingerprint density at radius 2 is 2.17 bits per heavy atom. The largest absolute Gasteiger partial charge is 0.490 e. The maximum atomic E-state index is 9.69. The van der Waals surface area contributed by atoms with Crippen molar-refractivity contribution < 1.29 is 9.84 Å². The Balaban J connectivity index is 1.69. The average molecular weight is 322 g/mol. The molecule has 3 aliphatic heterocycles. The van der Waals surface area contributed by atoms with Crippen LogP contribution < -0.4 is 15.0 Å². The summed E-state index contributed by atoms with van der Waals surface area (Å²) in [5, 5.41) is 13.2. The lowest BCUT2D eigenvalue weighted by atomic mass is 9.88. The van der Waals surface area contributed by atoms with Crippen molar-refractivity contribution in [2.75, 3.05) is 31.1 Å². The second kappa shape index (κ2) is 5.50. The summed E-state index contributed by atoms with van der Waals surface area (Å²) in [5.74, 6) is 1.55. The van der Waals surface area contributed by atoms with Crippen LogP contribution in [0.15, 0.2) is 36.4 Å². The monoisotopic (exact) mass is 322 g/mol. The molecule has 1 saturated heterocycles. The highest BCUT2D eigenvalue weighted by Crippen LogP contribution is 2.51. The fourth-order valence-electron chi connectivity index (χ4n) is 4.66. The molecule has 0 saturated carbocycles. The molecule has 0 unspecified atom stereocenters. The third kappa shape index (κ3) is 2.00. The zero-order chi connectivity index (χ0) is 16.1. The lowest BCUT2D eigenvalue weighted by molar-refractivity contribution is 0.282. The van der Waals surface area contributed by atoms with Crippen molar-refractivity contribution in [3.05, 3.63) is 47.5 Å². The summed E-state index contributed by atoms with van der Waals surface area (Å²) in [6.07, 6.45) is 1.20. The Kier molecular flexibility index (Phi) is 3.28. The van der Waals surface area contributed by atoms with Gasteiger partial charge in [0.05, 0.1) is 18.8 Å². The van der Waals surface area contributed by atoms with Crippen molar-refractivity contribution in [2.24, 2.45) is 0 Å². The summed E-state index contributed by atoms with van der Waals surface area (Å²) in [4.78, 5) is 2.57. The van der Waals surface area contributed by atoms with Gasteiger partial charge in [-0.1, -0.05) is 24.3 Å². The molecule has 4 nitrogen and oxygen atoms in total. The predicted molar refractivity (Wildman–Crippen MR) is 94.7 cm³/mol. The van der Waals surface area contributed by atoms with Crippen molar-refractivity contribution in [1.82, 2.24) is 5.32 Å². The molecule has 5 rings (SSSR count). The van der Waals surface area contributed by atoms with Crippen LogP contribution in [0, 0.1) is 0 Å². The number of hydrogen-bond acceptors (Lipinski definition) is 4. The van der Waals surface area contributed by atoms with Crippen molar-refractivity contribution in [3.8, 4) is 16.9 Å². The van der Waals surface area contributed by atoms with Crippen molar-refractivity contribution in [2.45, 2.75) is 25.0 Å². The van der Waals surface area contributed by atoms with Crippen LogP contribution in [0.2, 0.25) is 0 Å². The van der Waals surface area contributed by atoms with E-state index in [2.05, 4.69) is 28.4 Å². The van der Waals surface area contributed by atoms with Crippen LogP contribution >= 0.6 is 0 Å². The number of anilines is 1. The first kappa shape index (κ1) is 14.3. The predicted octanol–water partition coefficient (Wildman–Crippen LogP) is 2.50. The van der Waals surface area contributed by atoms with Gasteiger partial charge in [-0.15, -0.1) is 0 Å². The summed E-state index contributed by atoms with van der Waals surface area (Å²) in [7, 11) is 0. The minimum atomic E-state index is 0.0587. The Bertz CT molecular complexity index is 789. The average Bonchev–Trinajstić information content (AvgIpc) is 2.98. The van der Waals surface area contributed by atoms with Crippen molar-refractivity contribution >= 4 is 5.69 Å². The van der Waals surface area contributed by atoms with Crippen LogP contribution in [0.25, 0.3) is 11.1 Å². The molecule has 0 bridgehead atoms. The third-order valence-electron chi connectivity index (χ3n) is 5.73. The molecule has 0 amide bonds. The van der Waals surface area contributed by atoms with Crippen molar-refractivity contribution in [3.63, 3.8) is 0 Å². The molecule has 2 aromatic rings. The molecule has 1 fully saturated rings. The van der Waals surface area contributed by atoms with Gasteiger partial charge < -0.3 is 20.1 Å². The van der Waals surface area contributed by atoms with Crippen LogP contribution in [0.5, 0.6) is 5.75 Å². The van der Waals surface area contributed by atoms with E-state index in [0.717, 1.165) is 48.7 Å². The molecule has 24 heavy (non-hydrogen) atoms. The van der Waals surface area contributed by atoms with Crippen LogP contribution in [0.1, 0.15) is 23.5 Å². The van der Waals surface area contributed by atoms with Gasteiger partial charge in [-0.05, 0) is 47.4 Å². The second-order valence-corrected chi connectivity index (χ2v) is 6.94. The van der Waals surface area contributed by atoms with Gasteiger partial charge >= 0.3 is 0 Å². The van der Waals surface area contributed by atoms with Gasteiger partial charge in [-0.2, -0.15) is 0 Å². The standard InChI is InChI=1S/C20H22N2O2/c23-12-13-3-1-2-4-15(13)14-9-16-17-11-21-6-5-18(17)22-7-8-24-19(10-14)20(16)22/h1-4,9-10,17-18,21,23H,5-8,11-12H2/t17-,18-/m0/s1. The highest BCUT2D eigenvalue weighted by molar-refractivity contribution is 5.80. The number of benzene rings is 2. The van der Waals surface area contributed by atoms with Crippen molar-refractivity contribution in [1.29, 1.82) is 0 Å². The van der Waals surface area contributed by atoms with Gasteiger partial charge in [0, 0.05) is 18.5 Å². The number of nitrogens with one attached hydrogen (secondary N) is 1. The molecule has 0 aliphatic carbocycles. The summed E-state index contributed by atoms with van der Waals surface area (Å²) < 4.78 is 6.03. The van der Waals surface area contributed by atoms with Gasteiger partial charge in [0.15, 0.2) is 0 Å². The Morgan fingerprint density at radius 3 is 3.08 bits per heavy atom. The summed E-state index contributed by atoms with van der Waals surface area (Å²) >= 11 is 0. The van der Waals surface area contributed by atoms with E-state index >= 15 is 0 Å². The quantitative estimate of drug-likeness (QED) is 0.892. The lowest BCUT2D eigenvalue weighted by Crippen LogP contribution is -2.46. The zero-order valence-corrected chi connectivity index (χ0v) is 13.7. The molecule has 0 spiro atoms. The molecule has 3 heterocycles. The highest BCUT2D eigenvalue weighted by atomic mass is 16.5. The molecule has 3 aliphatic rings. The second-order valence-electron chi connectivity index (χ2n) is 6.94. The normalized spacial score (nSPS) is 24.3. The first-order chi connectivity index (χ1) is 11.9. The van der Waals surface area contributed by atoms with Crippen LogP contribution in [0.3, 0.4) is 0 Å². The summed E-state index contributed by atoms with van der Waals surface area (Å²) in [6, 6.07) is 13.2. The number of aliphatic hydroxyl groups excluding tert-OH is 1. The van der Waals surface area contributed by atoms with Crippen LogP contribution in [0.4, 0.5) is 5.69 Å². The third-order valence-corrected chi connectivity index (χ3v) is 5.73. The molecular weight excluding hydrogens is 300 g/mol. The number of fused-ring (bicyclic) bond motifs is 3. The van der Waals surface area contributed by atoms with E-state index in [1.165, 1.54) is 17.7 Å². The number of aliphatic hydroxyl groups is 1. The Morgan fingerprint density at radius 1 is 1.25 bits per heavy atom. The van der Waals surface area contributed by atoms with E-state index in [0.29, 0.717) is 12.0 Å². The Labute approximate surface area is 142 Å². The van der Waals surface area contributed by atoms with E-state index in [1.54, 1.807) is 0 Å². The smallest absolute Gasteiger partial charge is 0.143 e. The Hall–Kier alpha value is -2.04. The fourth-order valence-corrected chi connectivity index (χ4v) is 4.66. The number of hydrogen-bond donors (Lipinski definition) is 2. The SMILES string of the molecule is OCc1ccccc1-c1cc2c3c(c1)[C@@H]1CNCC[C@@H]1N3CCO2. The molecule has 2 N–H and O–H groups in total. The molecule has 124 valence electrons. The number of nitrogens with zero attached hydrogens (tertiary/aromatic N) is 1. The van der Waals surface area contributed by atoms with E-state index in [9.17, 15) is 5.11 Å². The van der Waals surface area contributed by atoms with Crippen LogP contribution in [-0.2, 0) is 6.61 Å². The van der Waals surface area contributed by atoms with E-state index in [1.807, 2.05) is 18.2 Å². The van der Waals surface area contributed by atoms with E-state index in [4.69, 9.17) is 4.74 Å². The first-order valence-electron chi connectivity index (χ1n) is 8.84. The molecule has 2 aromatic carbocycles. The van der Waals surface area contributed by atoms with Gasteiger partial charge in [0.1, 0.15) is 12.4 Å². The topological polar surface area (TPSA) is 44.7 Å². The van der Waals surface area contributed by atoms with Gasteiger partial charge in [0.2, 0.25) is 0 Å². The van der Waals surface area contributed by atoms with E-state index < -0.39 is 0 Å². The number of ether oxygens (including phenoxy) is 1. The fraction of sp³-hybridized carbons (Fsp3) is 0.400. The molecular formula is C20H22N2O2. The van der Waals surface area contributed by atoms with Gasteiger partial charge in [-0.25, -0.2) is 0 Å². The van der Waals surface area contributed by atoms with Gasteiger partial charge in [-0.3, -0.25) is 0 Å². The zero-order valence-electron chi connectivity index (χ0n) is 13.7. The first-order valence-corrected chi connectivity index (χ1v) is 8.84. The summed E-state index contributed by atoms with van der Waals surface area (Å²) in [6.45, 7) is 3.95. The maximum Gasteiger partial charge on any atom is 0.143 e. The molecule has 0 radical (unpaired) electrons. The highest BCUT2D eigenvalue weighted by Gasteiger charge is 2.43. The van der Waals surface area contributed by atoms with Crippen LogP contribution in [-0.4, -0.2) is 37.4 Å². The van der Waals surface area contributed by atoms with E-state index in [-0.39, 0.29) is 6.61 Å². The summed E-state index contributed by atoms with van der Waals surface area (Å²) in [5.41, 5.74) is 5.94.